The first-order valence-corrected chi connectivity index (χ1v) is 4.55. The van der Waals surface area contributed by atoms with Crippen LogP contribution in [0.4, 0.5) is 0 Å². The second kappa shape index (κ2) is 5.34. The van der Waals surface area contributed by atoms with E-state index in [0.717, 1.165) is 5.56 Å². The van der Waals surface area contributed by atoms with Gasteiger partial charge in [-0.05, 0) is 30.5 Å². The van der Waals surface area contributed by atoms with Gasteiger partial charge >= 0.3 is 5.97 Å². The van der Waals surface area contributed by atoms with E-state index in [2.05, 4.69) is 4.98 Å². The molecule has 0 fully saturated rings. The molecule has 14 heavy (non-hydrogen) atoms. The van der Waals surface area contributed by atoms with Crippen LogP contribution in [0.25, 0.3) is 0 Å². The van der Waals surface area contributed by atoms with Crippen LogP contribution in [0.3, 0.4) is 0 Å². The van der Waals surface area contributed by atoms with E-state index in [1.54, 1.807) is 12.4 Å². The smallest absolute Gasteiger partial charge is 0.303 e. The van der Waals surface area contributed by atoms with Crippen LogP contribution >= 0.6 is 0 Å². The number of nitrogens with two attached hydrogens (primary N) is 1. The molecule has 1 atom stereocenters. The molecule has 0 spiro atoms. The summed E-state index contributed by atoms with van der Waals surface area (Å²) in [5.41, 5.74) is 6.87. The van der Waals surface area contributed by atoms with E-state index < -0.39 is 5.97 Å². The molecule has 0 bridgehead atoms. The van der Waals surface area contributed by atoms with Gasteiger partial charge in [0.25, 0.3) is 0 Å². The Balaban J connectivity index is 2.34. The fourth-order valence-corrected chi connectivity index (χ4v) is 1.23. The largest absolute Gasteiger partial charge is 0.481 e. The molecule has 1 heterocycles. The molecule has 1 rings (SSSR count). The van der Waals surface area contributed by atoms with E-state index in [0.29, 0.717) is 12.8 Å². The number of carboxylic acid groups (broad SMARTS) is 1. The van der Waals surface area contributed by atoms with Gasteiger partial charge in [-0.2, -0.15) is 0 Å². The Bertz CT molecular complexity index is 287. The Morgan fingerprint density at radius 3 is 2.71 bits per heavy atom. The van der Waals surface area contributed by atoms with Gasteiger partial charge in [-0.25, -0.2) is 0 Å². The number of carboxylic acids is 1. The Hall–Kier alpha value is -1.42. The van der Waals surface area contributed by atoms with Gasteiger partial charge < -0.3 is 10.8 Å². The van der Waals surface area contributed by atoms with Crippen molar-refractivity contribution in [2.75, 3.05) is 0 Å². The van der Waals surface area contributed by atoms with Crippen LogP contribution in [0.15, 0.2) is 24.5 Å². The molecule has 1 aromatic rings. The Morgan fingerprint density at radius 1 is 1.50 bits per heavy atom. The lowest BCUT2D eigenvalue weighted by Gasteiger charge is -2.09. The number of nitrogens with zero attached hydrogens (tertiary/aromatic N) is 1. The molecule has 0 aliphatic carbocycles. The predicted octanol–water partition coefficient (Wildman–Crippen LogP) is 0.816. The first-order chi connectivity index (χ1) is 6.68. The normalized spacial score (nSPS) is 12.4. The van der Waals surface area contributed by atoms with Crippen molar-refractivity contribution in [3.8, 4) is 0 Å². The van der Waals surface area contributed by atoms with Crippen LogP contribution in [0.1, 0.15) is 18.4 Å². The summed E-state index contributed by atoms with van der Waals surface area (Å²) in [5, 5.41) is 8.46. The molecular weight excluding hydrogens is 180 g/mol. The van der Waals surface area contributed by atoms with Crippen LogP contribution in [0.5, 0.6) is 0 Å². The minimum atomic E-state index is -0.796. The predicted molar refractivity (Wildman–Crippen MR) is 52.8 cm³/mol. The Kier molecular flexibility index (Phi) is 4.07. The lowest BCUT2D eigenvalue weighted by Crippen LogP contribution is -2.23. The summed E-state index contributed by atoms with van der Waals surface area (Å²) in [6, 6.07) is 3.69. The van der Waals surface area contributed by atoms with Gasteiger partial charge in [0.15, 0.2) is 0 Å². The zero-order valence-electron chi connectivity index (χ0n) is 7.89. The quantitative estimate of drug-likeness (QED) is 0.727. The van der Waals surface area contributed by atoms with Gasteiger partial charge in [0, 0.05) is 24.9 Å². The first kappa shape index (κ1) is 10.7. The summed E-state index contributed by atoms with van der Waals surface area (Å²) < 4.78 is 0. The molecule has 0 unspecified atom stereocenters. The molecule has 0 saturated heterocycles. The second-order valence-electron chi connectivity index (χ2n) is 3.25. The van der Waals surface area contributed by atoms with Crippen LogP contribution < -0.4 is 5.73 Å². The van der Waals surface area contributed by atoms with Crippen molar-refractivity contribution in [2.45, 2.75) is 25.3 Å². The van der Waals surface area contributed by atoms with Gasteiger partial charge in [0.1, 0.15) is 0 Å². The average Bonchev–Trinajstić information content (AvgIpc) is 2.16. The maximum Gasteiger partial charge on any atom is 0.303 e. The summed E-state index contributed by atoms with van der Waals surface area (Å²) >= 11 is 0. The molecule has 76 valence electrons. The Morgan fingerprint density at radius 2 is 2.14 bits per heavy atom. The SMILES string of the molecule is N[C@H](CCC(=O)O)Cc1ccncc1. The molecule has 0 aliphatic rings. The minimum absolute atomic E-state index is 0.0894. The third-order valence-corrected chi connectivity index (χ3v) is 1.98. The standard InChI is InChI=1S/C10H14N2O2/c11-9(1-2-10(13)14)7-8-3-5-12-6-4-8/h3-6,9H,1-2,7,11H2,(H,13,14)/t9-/m1/s1. The number of rotatable bonds is 5. The van der Waals surface area contributed by atoms with Crippen molar-refractivity contribution in [2.24, 2.45) is 5.73 Å². The van der Waals surface area contributed by atoms with Gasteiger partial charge in [-0.1, -0.05) is 0 Å². The maximum absolute atomic E-state index is 10.3. The van der Waals surface area contributed by atoms with Gasteiger partial charge in [-0.15, -0.1) is 0 Å². The van der Waals surface area contributed by atoms with Crippen molar-refractivity contribution in [3.05, 3.63) is 30.1 Å². The average molecular weight is 194 g/mol. The molecule has 0 amide bonds. The van der Waals surface area contributed by atoms with E-state index in [1.807, 2.05) is 12.1 Å². The van der Waals surface area contributed by atoms with Crippen LogP contribution in [0.2, 0.25) is 0 Å². The van der Waals surface area contributed by atoms with E-state index in [-0.39, 0.29) is 12.5 Å². The lowest BCUT2D eigenvalue weighted by molar-refractivity contribution is -0.137. The molecule has 3 N–H and O–H groups in total. The highest BCUT2D eigenvalue weighted by Gasteiger charge is 2.06. The van der Waals surface area contributed by atoms with Crippen LogP contribution in [-0.2, 0) is 11.2 Å². The zero-order chi connectivity index (χ0) is 10.4. The maximum atomic E-state index is 10.3. The summed E-state index contributed by atoms with van der Waals surface area (Å²) in [6.07, 6.45) is 4.76. The molecule has 1 aromatic heterocycles. The Labute approximate surface area is 82.8 Å². The highest BCUT2D eigenvalue weighted by atomic mass is 16.4. The van der Waals surface area contributed by atoms with E-state index in [9.17, 15) is 4.79 Å². The van der Waals surface area contributed by atoms with Crippen LogP contribution in [-0.4, -0.2) is 22.1 Å². The topological polar surface area (TPSA) is 76.2 Å². The third kappa shape index (κ3) is 4.00. The van der Waals surface area contributed by atoms with E-state index in [1.165, 1.54) is 0 Å². The number of aliphatic carboxylic acids is 1. The number of hydrogen-bond acceptors (Lipinski definition) is 3. The molecular formula is C10H14N2O2. The zero-order valence-corrected chi connectivity index (χ0v) is 7.89. The van der Waals surface area contributed by atoms with Gasteiger partial charge in [0.05, 0.1) is 0 Å². The van der Waals surface area contributed by atoms with Crippen molar-refractivity contribution >= 4 is 5.97 Å². The second-order valence-corrected chi connectivity index (χ2v) is 3.25. The first-order valence-electron chi connectivity index (χ1n) is 4.55. The molecule has 0 radical (unpaired) electrons. The fourth-order valence-electron chi connectivity index (χ4n) is 1.23. The van der Waals surface area contributed by atoms with E-state index >= 15 is 0 Å². The molecule has 4 heteroatoms. The number of aromatic nitrogens is 1. The molecule has 4 nitrogen and oxygen atoms in total. The molecule has 0 aliphatic heterocycles. The van der Waals surface area contributed by atoms with Crippen molar-refractivity contribution < 1.29 is 9.90 Å². The monoisotopic (exact) mass is 194 g/mol. The number of hydrogen-bond donors (Lipinski definition) is 2. The van der Waals surface area contributed by atoms with Crippen molar-refractivity contribution in [1.29, 1.82) is 0 Å². The highest BCUT2D eigenvalue weighted by molar-refractivity contribution is 5.66. The summed E-state index contributed by atoms with van der Waals surface area (Å²) in [4.78, 5) is 14.2. The summed E-state index contributed by atoms with van der Waals surface area (Å²) in [5.74, 6) is -0.796. The fraction of sp³-hybridized carbons (Fsp3) is 0.400. The van der Waals surface area contributed by atoms with Crippen LogP contribution in [0, 0.1) is 0 Å². The van der Waals surface area contributed by atoms with E-state index in [4.69, 9.17) is 10.8 Å². The lowest BCUT2D eigenvalue weighted by atomic mass is 10.0. The number of pyridine rings is 1. The van der Waals surface area contributed by atoms with Crippen molar-refractivity contribution in [3.63, 3.8) is 0 Å². The third-order valence-electron chi connectivity index (χ3n) is 1.98. The summed E-state index contributed by atoms with van der Waals surface area (Å²) in [6.45, 7) is 0. The summed E-state index contributed by atoms with van der Waals surface area (Å²) in [7, 11) is 0. The highest BCUT2D eigenvalue weighted by Crippen LogP contribution is 2.04. The molecule has 0 aromatic carbocycles. The van der Waals surface area contributed by atoms with Crippen molar-refractivity contribution in [1.82, 2.24) is 4.98 Å². The minimum Gasteiger partial charge on any atom is -0.481 e. The van der Waals surface area contributed by atoms with Gasteiger partial charge in [-0.3, -0.25) is 9.78 Å². The van der Waals surface area contributed by atoms with Gasteiger partial charge in [0.2, 0.25) is 0 Å². The number of carbonyl (C=O) groups is 1. The molecule has 0 saturated carbocycles.